The van der Waals surface area contributed by atoms with E-state index in [4.69, 9.17) is 4.74 Å². The van der Waals surface area contributed by atoms with Crippen LogP contribution in [0.4, 0.5) is 13.2 Å². The number of hydrogen-bond donors (Lipinski definition) is 1. The molecule has 1 aromatic carbocycles. The number of hydrogen-bond acceptors (Lipinski definition) is 3. The first-order chi connectivity index (χ1) is 11.9. The highest BCUT2D eigenvalue weighted by atomic mass is 19.4. The van der Waals surface area contributed by atoms with Crippen molar-refractivity contribution in [2.24, 2.45) is 0 Å². The van der Waals surface area contributed by atoms with Crippen LogP contribution >= 0.6 is 0 Å². The molecule has 0 aliphatic carbocycles. The molecule has 0 atom stereocenters. The fourth-order valence-electron chi connectivity index (χ4n) is 2.58. The topological polar surface area (TPSA) is 38.7 Å². The standard InChI is InChI=1S/C19H29F3O3/c1-2-3-4-5-6-7-8-9-10-11-14-24-16-12-13-18(17(23)15-16)25-19(20,21)22/h12-13,15,23H,2-11,14H2,1H3. The monoisotopic (exact) mass is 362 g/mol. The Kier molecular flexibility index (Phi) is 10.2. The number of rotatable bonds is 13. The summed E-state index contributed by atoms with van der Waals surface area (Å²) in [5.74, 6) is -0.875. The van der Waals surface area contributed by atoms with Crippen LogP contribution in [0.1, 0.15) is 71.1 Å². The molecular formula is C19H29F3O3. The van der Waals surface area contributed by atoms with Crippen molar-refractivity contribution in [3.8, 4) is 17.2 Å². The van der Waals surface area contributed by atoms with E-state index in [1.54, 1.807) is 0 Å². The molecule has 25 heavy (non-hydrogen) atoms. The highest BCUT2D eigenvalue weighted by molar-refractivity contribution is 5.44. The minimum Gasteiger partial charge on any atom is -0.504 e. The molecule has 1 rings (SSSR count). The summed E-state index contributed by atoms with van der Waals surface area (Å²) in [4.78, 5) is 0. The molecule has 0 saturated heterocycles. The maximum atomic E-state index is 12.1. The van der Waals surface area contributed by atoms with E-state index in [1.807, 2.05) is 0 Å². The maximum absolute atomic E-state index is 12.1. The van der Waals surface area contributed by atoms with Gasteiger partial charge in [-0.2, -0.15) is 0 Å². The third-order valence-electron chi connectivity index (χ3n) is 3.92. The molecule has 0 aliphatic rings. The van der Waals surface area contributed by atoms with Crippen LogP contribution in [0.15, 0.2) is 18.2 Å². The number of phenolic OH excluding ortho intramolecular Hbond substituents is 1. The quantitative estimate of drug-likeness (QED) is 0.402. The summed E-state index contributed by atoms with van der Waals surface area (Å²) in [6.07, 6.45) is 7.38. The van der Waals surface area contributed by atoms with Crippen LogP contribution in [-0.4, -0.2) is 18.1 Å². The Morgan fingerprint density at radius 1 is 0.880 bits per heavy atom. The molecule has 0 aromatic heterocycles. The molecule has 0 heterocycles. The van der Waals surface area contributed by atoms with Crippen molar-refractivity contribution in [2.75, 3.05) is 6.61 Å². The van der Waals surface area contributed by atoms with E-state index < -0.39 is 17.9 Å². The zero-order chi connectivity index (χ0) is 18.5. The van der Waals surface area contributed by atoms with E-state index in [-0.39, 0.29) is 0 Å². The molecule has 0 spiro atoms. The van der Waals surface area contributed by atoms with Crippen molar-refractivity contribution in [1.29, 1.82) is 0 Å². The molecule has 0 saturated carbocycles. The number of halogens is 3. The van der Waals surface area contributed by atoms with Gasteiger partial charge in [-0.3, -0.25) is 0 Å². The summed E-state index contributed by atoms with van der Waals surface area (Å²) in [5.41, 5.74) is 0. The molecular weight excluding hydrogens is 333 g/mol. The van der Waals surface area contributed by atoms with Crippen molar-refractivity contribution in [1.82, 2.24) is 0 Å². The van der Waals surface area contributed by atoms with Gasteiger partial charge >= 0.3 is 6.36 Å². The van der Waals surface area contributed by atoms with Gasteiger partial charge in [0.15, 0.2) is 11.5 Å². The zero-order valence-electron chi connectivity index (χ0n) is 14.9. The van der Waals surface area contributed by atoms with Crippen LogP contribution in [0.3, 0.4) is 0 Å². The third-order valence-corrected chi connectivity index (χ3v) is 3.92. The van der Waals surface area contributed by atoms with Crippen molar-refractivity contribution >= 4 is 0 Å². The molecule has 0 fully saturated rings. The number of ether oxygens (including phenoxy) is 2. The second kappa shape index (κ2) is 11.9. The van der Waals surface area contributed by atoms with Crippen molar-refractivity contribution in [3.05, 3.63) is 18.2 Å². The highest BCUT2D eigenvalue weighted by Crippen LogP contribution is 2.34. The predicted molar refractivity (Wildman–Crippen MR) is 92.1 cm³/mol. The first-order valence-corrected chi connectivity index (χ1v) is 9.14. The SMILES string of the molecule is CCCCCCCCCCCCOc1ccc(OC(F)(F)F)c(O)c1. The van der Waals surface area contributed by atoms with Crippen molar-refractivity contribution in [2.45, 2.75) is 77.5 Å². The average molecular weight is 362 g/mol. The number of aromatic hydroxyl groups is 1. The Hall–Kier alpha value is -1.59. The van der Waals surface area contributed by atoms with E-state index in [2.05, 4.69) is 11.7 Å². The minimum atomic E-state index is -4.82. The Morgan fingerprint density at radius 2 is 1.44 bits per heavy atom. The van der Waals surface area contributed by atoms with Crippen LogP contribution in [0.25, 0.3) is 0 Å². The lowest BCUT2D eigenvalue weighted by molar-refractivity contribution is -0.275. The summed E-state index contributed by atoms with van der Waals surface area (Å²) in [6, 6.07) is 3.55. The minimum absolute atomic E-state index is 0.336. The number of phenols is 1. The first kappa shape index (κ1) is 21.5. The molecule has 0 amide bonds. The largest absolute Gasteiger partial charge is 0.573 e. The summed E-state index contributed by atoms with van der Waals surface area (Å²) >= 11 is 0. The molecule has 1 N–H and O–H groups in total. The molecule has 0 unspecified atom stereocenters. The van der Waals surface area contributed by atoms with E-state index in [9.17, 15) is 18.3 Å². The van der Waals surface area contributed by atoms with Crippen LogP contribution in [0.2, 0.25) is 0 Å². The third kappa shape index (κ3) is 10.8. The van der Waals surface area contributed by atoms with E-state index in [0.717, 1.165) is 25.0 Å². The average Bonchev–Trinajstić information content (AvgIpc) is 2.54. The van der Waals surface area contributed by atoms with E-state index in [1.165, 1.54) is 57.4 Å². The summed E-state index contributed by atoms with van der Waals surface area (Å²) in [5, 5.41) is 9.53. The molecule has 1 aromatic rings. The summed E-state index contributed by atoms with van der Waals surface area (Å²) in [6.45, 7) is 2.70. The van der Waals surface area contributed by atoms with E-state index in [0.29, 0.717) is 12.4 Å². The van der Waals surface area contributed by atoms with Crippen LogP contribution in [-0.2, 0) is 0 Å². The summed E-state index contributed by atoms with van der Waals surface area (Å²) in [7, 11) is 0. The fraction of sp³-hybridized carbons (Fsp3) is 0.684. The zero-order valence-corrected chi connectivity index (χ0v) is 14.9. The molecule has 3 nitrogen and oxygen atoms in total. The molecule has 0 bridgehead atoms. The van der Waals surface area contributed by atoms with Gasteiger partial charge in [-0.1, -0.05) is 64.7 Å². The maximum Gasteiger partial charge on any atom is 0.573 e. The van der Waals surface area contributed by atoms with Crippen molar-refractivity contribution < 1.29 is 27.8 Å². The van der Waals surface area contributed by atoms with Gasteiger partial charge < -0.3 is 14.6 Å². The van der Waals surface area contributed by atoms with Crippen LogP contribution < -0.4 is 9.47 Å². The van der Waals surface area contributed by atoms with Gasteiger partial charge in [0.1, 0.15) is 5.75 Å². The van der Waals surface area contributed by atoms with Gasteiger partial charge in [0.25, 0.3) is 0 Å². The van der Waals surface area contributed by atoms with E-state index >= 15 is 0 Å². The lowest BCUT2D eigenvalue weighted by Gasteiger charge is -2.12. The van der Waals surface area contributed by atoms with Crippen molar-refractivity contribution in [3.63, 3.8) is 0 Å². The first-order valence-electron chi connectivity index (χ1n) is 9.14. The Bertz CT molecular complexity index is 475. The lowest BCUT2D eigenvalue weighted by Crippen LogP contribution is -2.17. The van der Waals surface area contributed by atoms with Gasteiger partial charge in [-0.05, 0) is 18.6 Å². The molecule has 0 radical (unpaired) electrons. The predicted octanol–water partition coefficient (Wildman–Crippen LogP) is 6.59. The van der Waals surface area contributed by atoms with Crippen LogP contribution in [0, 0.1) is 0 Å². The normalized spacial score (nSPS) is 11.5. The smallest absolute Gasteiger partial charge is 0.504 e. The van der Waals surface area contributed by atoms with Crippen LogP contribution in [0.5, 0.6) is 17.2 Å². The van der Waals surface area contributed by atoms with Gasteiger partial charge in [-0.15, -0.1) is 13.2 Å². The summed E-state index contributed by atoms with van der Waals surface area (Å²) < 4.78 is 45.5. The Morgan fingerprint density at radius 3 is 1.96 bits per heavy atom. The van der Waals surface area contributed by atoms with Gasteiger partial charge in [-0.25, -0.2) is 0 Å². The van der Waals surface area contributed by atoms with Gasteiger partial charge in [0.2, 0.25) is 0 Å². The fourth-order valence-corrected chi connectivity index (χ4v) is 2.58. The number of benzene rings is 1. The Balaban J connectivity index is 2.09. The number of alkyl halides is 3. The number of unbranched alkanes of at least 4 members (excludes halogenated alkanes) is 9. The second-order valence-corrected chi connectivity index (χ2v) is 6.21. The lowest BCUT2D eigenvalue weighted by atomic mass is 10.1. The molecule has 144 valence electrons. The van der Waals surface area contributed by atoms with Gasteiger partial charge in [0, 0.05) is 6.07 Å². The van der Waals surface area contributed by atoms with Gasteiger partial charge in [0.05, 0.1) is 6.61 Å². The highest BCUT2D eigenvalue weighted by Gasteiger charge is 2.32. The second-order valence-electron chi connectivity index (χ2n) is 6.21. The molecule has 6 heteroatoms. The Labute approximate surface area is 148 Å². The molecule has 0 aliphatic heterocycles.